The first kappa shape index (κ1) is 14.8. The van der Waals surface area contributed by atoms with E-state index >= 15 is 0 Å². The van der Waals surface area contributed by atoms with E-state index in [4.69, 9.17) is 0 Å². The number of hydrogen-bond donors (Lipinski definition) is 1. The lowest BCUT2D eigenvalue weighted by molar-refractivity contribution is 0.220. The highest BCUT2D eigenvalue weighted by atomic mass is 16.2. The predicted molar refractivity (Wildman–Crippen MR) is 83.3 cm³/mol. The fourth-order valence-electron chi connectivity index (χ4n) is 2.00. The fourth-order valence-corrected chi connectivity index (χ4v) is 2.00. The second kappa shape index (κ2) is 6.74. The Hall–Kier alpha value is -2.56. The van der Waals surface area contributed by atoms with E-state index < -0.39 is 0 Å². The van der Waals surface area contributed by atoms with Crippen molar-refractivity contribution in [3.63, 3.8) is 0 Å². The average Bonchev–Trinajstić information content (AvgIpc) is 2.50. The minimum Gasteiger partial charge on any atom is -0.323 e. The van der Waals surface area contributed by atoms with Crippen LogP contribution in [0.5, 0.6) is 0 Å². The minimum absolute atomic E-state index is 0.0758. The quantitative estimate of drug-likeness (QED) is 0.938. The number of aromatic nitrogens is 1. The number of hydrogen-bond acceptors (Lipinski definition) is 2. The summed E-state index contributed by atoms with van der Waals surface area (Å²) in [5, 5.41) is 2.79. The standard InChI is InChI=1S/C16H19N3O2/c1-3-19-12-14(9-10-15(19)20)17-16(21)18(2)11-13-7-5-4-6-8-13/h4-10,12H,3,11H2,1-2H3,(H,17,21). The van der Waals surface area contributed by atoms with Crippen LogP contribution in [0.25, 0.3) is 0 Å². The molecule has 0 aliphatic heterocycles. The van der Waals surface area contributed by atoms with Crippen molar-refractivity contribution in [1.29, 1.82) is 0 Å². The molecule has 0 fully saturated rings. The van der Waals surface area contributed by atoms with Crippen LogP contribution in [-0.4, -0.2) is 22.5 Å². The molecule has 2 aromatic rings. The van der Waals surface area contributed by atoms with E-state index in [1.165, 1.54) is 6.07 Å². The molecule has 0 spiro atoms. The monoisotopic (exact) mass is 285 g/mol. The molecule has 0 saturated heterocycles. The van der Waals surface area contributed by atoms with Gasteiger partial charge in [-0.1, -0.05) is 30.3 Å². The molecule has 0 aliphatic carbocycles. The number of nitrogens with zero attached hydrogens (tertiary/aromatic N) is 2. The molecule has 21 heavy (non-hydrogen) atoms. The van der Waals surface area contributed by atoms with Gasteiger partial charge in [0.15, 0.2) is 0 Å². The third-order valence-electron chi connectivity index (χ3n) is 3.18. The molecule has 2 rings (SSSR count). The van der Waals surface area contributed by atoms with E-state index in [-0.39, 0.29) is 11.6 Å². The average molecular weight is 285 g/mol. The van der Waals surface area contributed by atoms with Crippen molar-refractivity contribution in [1.82, 2.24) is 9.47 Å². The first-order valence-electron chi connectivity index (χ1n) is 6.86. The Morgan fingerprint density at radius 2 is 1.90 bits per heavy atom. The maximum Gasteiger partial charge on any atom is 0.321 e. The number of benzene rings is 1. The van der Waals surface area contributed by atoms with Crippen LogP contribution in [0.2, 0.25) is 0 Å². The van der Waals surface area contributed by atoms with Crippen molar-refractivity contribution >= 4 is 11.7 Å². The number of pyridine rings is 1. The molecule has 5 nitrogen and oxygen atoms in total. The summed E-state index contributed by atoms with van der Waals surface area (Å²) in [6, 6.07) is 12.6. The zero-order chi connectivity index (χ0) is 15.2. The van der Waals surface area contributed by atoms with E-state index in [1.807, 2.05) is 37.3 Å². The zero-order valence-electron chi connectivity index (χ0n) is 12.2. The lowest BCUT2D eigenvalue weighted by Crippen LogP contribution is -2.31. The Kier molecular flexibility index (Phi) is 4.77. The number of rotatable bonds is 4. The lowest BCUT2D eigenvalue weighted by Gasteiger charge is -2.18. The lowest BCUT2D eigenvalue weighted by atomic mass is 10.2. The Labute approximate surface area is 123 Å². The molecule has 1 aromatic heterocycles. The van der Waals surface area contributed by atoms with E-state index in [9.17, 15) is 9.59 Å². The number of aryl methyl sites for hydroxylation is 1. The van der Waals surface area contributed by atoms with E-state index in [2.05, 4.69) is 5.32 Å². The Morgan fingerprint density at radius 1 is 1.19 bits per heavy atom. The van der Waals surface area contributed by atoms with Gasteiger partial charge in [0.2, 0.25) is 0 Å². The van der Waals surface area contributed by atoms with Crippen LogP contribution >= 0.6 is 0 Å². The van der Waals surface area contributed by atoms with Crippen LogP contribution in [0, 0.1) is 0 Å². The molecule has 0 unspecified atom stereocenters. The molecule has 1 heterocycles. The van der Waals surface area contributed by atoms with Gasteiger partial charge in [0.05, 0.1) is 5.69 Å². The molecule has 5 heteroatoms. The molecule has 1 aromatic carbocycles. The van der Waals surface area contributed by atoms with Crippen LogP contribution in [0.1, 0.15) is 12.5 Å². The van der Waals surface area contributed by atoms with Crippen LogP contribution < -0.4 is 10.9 Å². The molecule has 0 atom stereocenters. The highest BCUT2D eigenvalue weighted by Gasteiger charge is 2.09. The summed E-state index contributed by atoms with van der Waals surface area (Å²) in [5.74, 6) is 0. The van der Waals surface area contributed by atoms with Crippen LogP contribution in [0.3, 0.4) is 0 Å². The van der Waals surface area contributed by atoms with Crippen molar-refractivity contribution in [3.05, 3.63) is 64.6 Å². The van der Waals surface area contributed by atoms with Gasteiger partial charge in [-0.3, -0.25) is 4.79 Å². The van der Waals surface area contributed by atoms with Gasteiger partial charge in [-0.05, 0) is 18.6 Å². The third kappa shape index (κ3) is 3.95. The first-order valence-corrected chi connectivity index (χ1v) is 6.86. The van der Waals surface area contributed by atoms with Gasteiger partial charge in [0, 0.05) is 32.4 Å². The maximum absolute atomic E-state index is 12.1. The normalized spacial score (nSPS) is 10.2. The number of urea groups is 1. The largest absolute Gasteiger partial charge is 0.323 e. The first-order chi connectivity index (χ1) is 10.1. The smallest absolute Gasteiger partial charge is 0.321 e. The fraction of sp³-hybridized carbons (Fsp3) is 0.250. The third-order valence-corrected chi connectivity index (χ3v) is 3.18. The summed E-state index contributed by atoms with van der Waals surface area (Å²) in [6.07, 6.45) is 1.65. The Bertz CT molecular complexity index is 665. The summed E-state index contributed by atoms with van der Waals surface area (Å²) in [6.45, 7) is 2.98. The van der Waals surface area contributed by atoms with Crippen LogP contribution in [0.15, 0.2) is 53.5 Å². The highest BCUT2D eigenvalue weighted by molar-refractivity contribution is 5.88. The zero-order valence-corrected chi connectivity index (χ0v) is 12.2. The predicted octanol–water partition coefficient (Wildman–Crippen LogP) is 2.53. The molecule has 0 radical (unpaired) electrons. The Morgan fingerprint density at radius 3 is 2.57 bits per heavy atom. The van der Waals surface area contributed by atoms with Gasteiger partial charge in [-0.2, -0.15) is 0 Å². The molecule has 2 amide bonds. The molecular weight excluding hydrogens is 266 g/mol. The van der Waals surface area contributed by atoms with Gasteiger partial charge in [0.25, 0.3) is 5.56 Å². The molecule has 1 N–H and O–H groups in total. The van der Waals surface area contributed by atoms with E-state index in [1.54, 1.807) is 28.8 Å². The molecule has 110 valence electrons. The van der Waals surface area contributed by atoms with E-state index in [0.717, 1.165) is 5.56 Å². The topological polar surface area (TPSA) is 54.3 Å². The second-order valence-corrected chi connectivity index (χ2v) is 4.81. The molecular formula is C16H19N3O2. The number of nitrogens with one attached hydrogen (secondary N) is 1. The molecule has 0 saturated carbocycles. The molecule has 0 aliphatic rings. The van der Waals surface area contributed by atoms with Crippen molar-refractivity contribution in [3.8, 4) is 0 Å². The summed E-state index contributed by atoms with van der Waals surface area (Å²) < 4.78 is 1.55. The number of carbonyl (C=O) groups is 1. The summed E-state index contributed by atoms with van der Waals surface area (Å²) in [4.78, 5) is 25.2. The van der Waals surface area contributed by atoms with Gasteiger partial charge < -0.3 is 14.8 Å². The second-order valence-electron chi connectivity index (χ2n) is 4.81. The van der Waals surface area contributed by atoms with Crippen molar-refractivity contribution < 1.29 is 4.79 Å². The maximum atomic E-state index is 12.1. The number of carbonyl (C=O) groups excluding carboxylic acids is 1. The van der Waals surface area contributed by atoms with Gasteiger partial charge in [0.1, 0.15) is 0 Å². The molecule has 0 bridgehead atoms. The van der Waals surface area contributed by atoms with Crippen LogP contribution in [-0.2, 0) is 13.1 Å². The summed E-state index contributed by atoms with van der Waals surface area (Å²) in [5.41, 5.74) is 1.60. The number of anilines is 1. The minimum atomic E-state index is -0.208. The summed E-state index contributed by atoms with van der Waals surface area (Å²) >= 11 is 0. The van der Waals surface area contributed by atoms with Crippen LogP contribution in [0.4, 0.5) is 10.5 Å². The van der Waals surface area contributed by atoms with Crippen molar-refractivity contribution in [2.75, 3.05) is 12.4 Å². The number of amides is 2. The SMILES string of the molecule is CCn1cc(NC(=O)N(C)Cc2ccccc2)ccc1=O. The highest BCUT2D eigenvalue weighted by Crippen LogP contribution is 2.07. The van der Waals surface area contributed by atoms with Crippen molar-refractivity contribution in [2.45, 2.75) is 20.0 Å². The van der Waals surface area contributed by atoms with Gasteiger partial charge in [-0.25, -0.2) is 4.79 Å². The Balaban J connectivity index is 2.02. The van der Waals surface area contributed by atoms with Crippen molar-refractivity contribution in [2.24, 2.45) is 0 Å². The van der Waals surface area contributed by atoms with E-state index in [0.29, 0.717) is 18.8 Å². The van der Waals surface area contributed by atoms with Gasteiger partial charge in [-0.15, -0.1) is 0 Å². The van der Waals surface area contributed by atoms with Gasteiger partial charge >= 0.3 is 6.03 Å². The summed E-state index contributed by atoms with van der Waals surface area (Å²) in [7, 11) is 1.73.